The molecule has 1 aromatic carbocycles. The second-order valence-corrected chi connectivity index (χ2v) is 4.96. The lowest BCUT2D eigenvalue weighted by molar-refractivity contribution is -0.384. The van der Waals surface area contributed by atoms with Gasteiger partial charge in [-0.15, -0.1) is 11.8 Å². The van der Waals surface area contributed by atoms with E-state index in [1.54, 1.807) is 11.8 Å². The SMILES string of the molecule is CN1CSC=C1CC(=O)Nc1ccc([N+](=O)[O-])cc1. The van der Waals surface area contributed by atoms with E-state index in [4.69, 9.17) is 0 Å². The third-order valence-electron chi connectivity index (χ3n) is 2.68. The van der Waals surface area contributed by atoms with Crippen molar-refractivity contribution < 1.29 is 9.72 Å². The number of amides is 1. The number of rotatable bonds is 4. The predicted molar refractivity (Wildman–Crippen MR) is 74.6 cm³/mol. The highest BCUT2D eigenvalue weighted by Crippen LogP contribution is 2.24. The molecule has 0 spiro atoms. The van der Waals surface area contributed by atoms with Gasteiger partial charge in [-0.1, -0.05) is 0 Å². The van der Waals surface area contributed by atoms with Gasteiger partial charge in [0.05, 0.1) is 17.2 Å². The highest BCUT2D eigenvalue weighted by molar-refractivity contribution is 8.02. The number of nitrogens with zero attached hydrogens (tertiary/aromatic N) is 2. The van der Waals surface area contributed by atoms with Crippen LogP contribution in [0, 0.1) is 10.1 Å². The van der Waals surface area contributed by atoms with Gasteiger partial charge in [0, 0.05) is 30.6 Å². The fraction of sp³-hybridized carbons (Fsp3) is 0.250. The third kappa shape index (κ3) is 3.47. The average molecular weight is 279 g/mol. The minimum atomic E-state index is -0.471. The zero-order valence-corrected chi connectivity index (χ0v) is 11.1. The topological polar surface area (TPSA) is 75.5 Å². The summed E-state index contributed by atoms with van der Waals surface area (Å²) in [6, 6.07) is 5.79. The number of benzene rings is 1. The number of carbonyl (C=O) groups is 1. The van der Waals surface area contributed by atoms with Crippen molar-refractivity contribution in [3.05, 3.63) is 45.5 Å². The first-order valence-electron chi connectivity index (χ1n) is 5.62. The van der Waals surface area contributed by atoms with E-state index in [0.717, 1.165) is 11.6 Å². The van der Waals surface area contributed by atoms with Gasteiger partial charge in [-0.2, -0.15) is 0 Å². The molecule has 1 amide bonds. The normalized spacial score (nSPS) is 14.2. The van der Waals surface area contributed by atoms with E-state index in [1.807, 2.05) is 17.4 Å². The first-order chi connectivity index (χ1) is 9.06. The Morgan fingerprint density at radius 1 is 1.47 bits per heavy atom. The van der Waals surface area contributed by atoms with Crippen LogP contribution in [0.25, 0.3) is 0 Å². The largest absolute Gasteiger partial charge is 0.367 e. The van der Waals surface area contributed by atoms with Crippen LogP contribution in [-0.4, -0.2) is 28.7 Å². The van der Waals surface area contributed by atoms with E-state index < -0.39 is 4.92 Å². The summed E-state index contributed by atoms with van der Waals surface area (Å²) in [6.45, 7) is 0. The van der Waals surface area contributed by atoms with Crippen LogP contribution in [0.2, 0.25) is 0 Å². The Labute approximate surface area is 114 Å². The molecule has 1 aliphatic heterocycles. The molecule has 1 aliphatic rings. The first-order valence-corrected chi connectivity index (χ1v) is 6.67. The van der Waals surface area contributed by atoms with Crippen LogP contribution in [0.1, 0.15) is 6.42 Å². The van der Waals surface area contributed by atoms with E-state index in [1.165, 1.54) is 24.3 Å². The van der Waals surface area contributed by atoms with Crippen molar-refractivity contribution in [2.24, 2.45) is 0 Å². The zero-order valence-electron chi connectivity index (χ0n) is 10.3. The van der Waals surface area contributed by atoms with Crippen LogP contribution in [0.3, 0.4) is 0 Å². The van der Waals surface area contributed by atoms with E-state index in [2.05, 4.69) is 5.32 Å². The molecular formula is C12H13N3O3S. The lowest BCUT2D eigenvalue weighted by Gasteiger charge is -2.14. The van der Waals surface area contributed by atoms with Crippen molar-refractivity contribution in [3.8, 4) is 0 Å². The second-order valence-electron chi connectivity index (χ2n) is 4.13. The Bertz CT molecular complexity index is 528. The van der Waals surface area contributed by atoms with E-state index >= 15 is 0 Å². The van der Waals surface area contributed by atoms with Gasteiger partial charge < -0.3 is 10.2 Å². The highest BCUT2D eigenvalue weighted by Gasteiger charge is 2.15. The minimum Gasteiger partial charge on any atom is -0.367 e. The molecule has 0 aromatic heterocycles. The molecule has 6 nitrogen and oxygen atoms in total. The molecule has 0 aliphatic carbocycles. The summed E-state index contributed by atoms with van der Waals surface area (Å²) in [7, 11) is 1.94. The van der Waals surface area contributed by atoms with Crippen molar-refractivity contribution in [3.63, 3.8) is 0 Å². The zero-order chi connectivity index (χ0) is 13.8. The smallest absolute Gasteiger partial charge is 0.269 e. The van der Waals surface area contributed by atoms with Crippen molar-refractivity contribution in [2.75, 3.05) is 18.2 Å². The molecule has 0 saturated heterocycles. The van der Waals surface area contributed by atoms with Gasteiger partial charge in [0.15, 0.2) is 0 Å². The minimum absolute atomic E-state index is 0.00707. The summed E-state index contributed by atoms with van der Waals surface area (Å²) < 4.78 is 0. The quantitative estimate of drug-likeness (QED) is 0.676. The van der Waals surface area contributed by atoms with Crippen LogP contribution in [0.4, 0.5) is 11.4 Å². The van der Waals surface area contributed by atoms with Gasteiger partial charge in [-0.25, -0.2) is 0 Å². The number of hydrogen-bond acceptors (Lipinski definition) is 5. The maximum absolute atomic E-state index is 11.8. The summed E-state index contributed by atoms with van der Waals surface area (Å²) in [5.41, 5.74) is 1.54. The lowest BCUT2D eigenvalue weighted by atomic mass is 10.2. The molecule has 1 aromatic rings. The van der Waals surface area contributed by atoms with Crippen LogP contribution in [0.15, 0.2) is 35.4 Å². The first kappa shape index (κ1) is 13.4. The number of nitro groups is 1. The predicted octanol–water partition coefficient (Wildman–Crippen LogP) is 2.40. The molecular weight excluding hydrogens is 266 g/mol. The summed E-state index contributed by atoms with van der Waals surface area (Å²) in [5.74, 6) is 0.731. The van der Waals surface area contributed by atoms with Crippen LogP contribution >= 0.6 is 11.8 Å². The summed E-state index contributed by atoms with van der Waals surface area (Å²) in [6.07, 6.45) is 0.306. The van der Waals surface area contributed by atoms with Gasteiger partial charge in [0.25, 0.3) is 5.69 Å². The van der Waals surface area contributed by atoms with Crippen molar-refractivity contribution in [2.45, 2.75) is 6.42 Å². The Morgan fingerprint density at radius 2 is 2.16 bits per heavy atom. The monoisotopic (exact) mass is 279 g/mol. The van der Waals surface area contributed by atoms with Crippen molar-refractivity contribution >= 4 is 29.0 Å². The number of carbonyl (C=O) groups excluding carboxylic acids is 1. The number of thioether (sulfide) groups is 1. The fourth-order valence-corrected chi connectivity index (χ4v) is 2.55. The summed E-state index contributed by atoms with van der Waals surface area (Å²) in [4.78, 5) is 23.9. The van der Waals surface area contributed by atoms with E-state index in [-0.39, 0.29) is 11.6 Å². The molecule has 7 heteroatoms. The average Bonchev–Trinajstić information content (AvgIpc) is 2.75. The molecule has 0 fully saturated rings. The molecule has 1 heterocycles. The Balaban J connectivity index is 1.93. The number of nitrogens with one attached hydrogen (secondary N) is 1. The van der Waals surface area contributed by atoms with Crippen molar-refractivity contribution in [1.29, 1.82) is 0 Å². The molecule has 2 rings (SSSR count). The lowest BCUT2D eigenvalue weighted by Crippen LogP contribution is -2.19. The highest BCUT2D eigenvalue weighted by atomic mass is 32.2. The molecule has 0 bridgehead atoms. The fourth-order valence-electron chi connectivity index (χ4n) is 1.63. The van der Waals surface area contributed by atoms with Crippen LogP contribution in [0.5, 0.6) is 0 Å². The third-order valence-corrected chi connectivity index (χ3v) is 3.66. The van der Waals surface area contributed by atoms with Gasteiger partial charge in [0.2, 0.25) is 5.91 Å². The molecule has 0 unspecified atom stereocenters. The maximum Gasteiger partial charge on any atom is 0.269 e. The van der Waals surface area contributed by atoms with Gasteiger partial charge >= 0.3 is 0 Å². The number of hydrogen-bond donors (Lipinski definition) is 1. The van der Waals surface area contributed by atoms with Gasteiger partial charge in [-0.3, -0.25) is 14.9 Å². The molecule has 100 valence electrons. The summed E-state index contributed by atoms with van der Waals surface area (Å²) in [5, 5.41) is 15.2. The van der Waals surface area contributed by atoms with Gasteiger partial charge in [-0.05, 0) is 17.5 Å². The molecule has 19 heavy (non-hydrogen) atoms. The van der Waals surface area contributed by atoms with Crippen molar-refractivity contribution in [1.82, 2.24) is 4.90 Å². The van der Waals surface area contributed by atoms with E-state index in [0.29, 0.717) is 12.1 Å². The van der Waals surface area contributed by atoms with Gasteiger partial charge in [0.1, 0.15) is 0 Å². The Morgan fingerprint density at radius 3 is 2.68 bits per heavy atom. The van der Waals surface area contributed by atoms with Crippen LogP contribution < -0.4 is 5.32 Å². The molecule has 0 radical (unpaired) electrons. The molecule has 0 saturated carbocycles. The maximum atomic E-state index is 11.8. The van der Waals surface area contributed by atoms with E-state index in [9.17, 15) is 14.9 Å². The Kier molecular flexibility index (Phi) is 4.06. The molecule has 0 atom stereocenters. The second kappa shape index (κ2) is 5.75. The number of non-ortho nitro benzene ring substituents is 1. The Hall–Kier alpha value is -2.02. The number of nitro benzene ring substituents is 1. The molecule has 1 N–H and O–H groups in total. The standard InChI is InChI=1S/C12H13N3O3S/c1-14-8-19-7-11(14)6-12(16)13-9-2-4-10(5-3-9)15(17)18/h2-5,7H,6,8H2,1H3,(H,13,16). The number of anilines is 1. The summed E-state index contributed by atoms with van der Waals surface area (Å²) >= 11 is 1.65. The van der Waals surface area contributed by atoms with Crippen LogP contribution in [-0.2, 0) is 4.79 Å².